The standard InChI is InChI=1S/C17H14F3N5O2S/c1-24(12-5-3-2-4-6-12)15(26)11-28-16-21-22-23-25(16)13-7-9-14(10-8-13)27-17(18,19)20/h2-10H,11H2,1H3. The van der Waals surface area contributed by atoms with Gasteiger partial charge in [0, 0.05) is 12.7 Å². The molecule has 7 nitrogen and oxygen atoms in total. The molecule has 0 fully saturated rings. The van der Waals surface area contributed by atoms with Gasteiger partial charge in [-0.3, -0.25) is 4.79 Å². The van der Waals surface area contributed by atoms with E-state index in [0.717, 1.165) is 29.6 Å². The molecule has 0 aliphatic heterocycles. The van der Waals surface area contributed by atoms with Crippen molar-refractivity contribution in [1.82, 2.24) is 20.2 Å². The van der Waals surface area contributed by atoms with Crippen LogP contribution in [-0.2, 0) is 4.79 Å². The maximum atomic E-state index is 12.4. The molecule has 0 saturated carbocycles. The Bertz CT molecular complexity index is 932. The molecule has 0 N–H and O–H groups in total. The third kappa shape index (κ3) is 5.00. The fraction of sp³-hybridized carbons (Fsp3) is 0.176. The molecule has 0 aliphatic rings. The maximum absolute atomic E-state index is 12.4. The summed E-state index contributed by atoms with van der Waals surface area (Å²) in [4.78, 5) is 13.9. The van der Waals surface area contributed by atoms with Crippen molar-refractivity contribution < 1.29 is 22.7 Å². The lowest BCUT2D eigenvalue weighted by atomic mass is 10.3. The predicted molar refractivity (Wildman–Crippen MR) is 96.4 cm³/mol. The molecule has 3 rings (SSSR count). The quantitative estimate of drug-likeness (QED) is 0.582. The molecular weight excluding hydrogens is 395 g/mol. The molecular formula is C17H14F3N5O2S. The van der Waals surface area contributed by atoms with Crippen molar-refractivity contribution in [3.8, 4) is 11.4 Å². The summed E-state index contributed by atoms with van der Waals surface area (Å²) in [6.07, 6.45) is -4.76. The van der Waals surface area contributed by atoms with Gasteiger partial charge in [0.2, 0.25) is 11.1 Å². The summed E-state index contributed by atoms with van der Waals surface area (Å²) in [6.45, 7) is 0. The summed E-state index contributed by atoms with van der Waals surface area (Å²) >= 11 is 1.12. The molecule has 2 aromatic carbocycles. The average molecular weight is 409 g/mol. The number of amides is 1. The zero-order valence-corrected chi connectivity index (χ0v) is 15.3. The Labute approximate surface area is 162 Å². The fourth-order valence-corrected chi connectivity index (χ4v) is 3.04. The first kappa shape index (κ1) is 19.7. The number of ether oxygens (including phenoxy) is 1. The van der Waals surface area contributed by atoms with Crippen LogP contribution in [0.15, 0.2) is 59.8 Å². The molecule has 3 aromatic rings. The number of benzene rings is 2. The molecule has 146 valence electrons. The SMILES string of the molecule is CN(C(=O)CSc1nnnn1-c1ccc(OC(F)(F)F)cc1)c1ccccc1. The second kappa shape index (κ2) is 8.30. The summed E-state index contributed by atoms with van der Waals surface area (Å²) in [5.41, 5.74) is 1.19. The Balaban J connectivity index is 1.66. The van der Waals surface area contributed by atoms with E-state index in [2.05, 4.69) is 20.3 Å². The van der Waals surface area contributed by atoms with E-state index in [4.69, 9.17) is 0 Å². The number of carbonyl (C=O) groups is 1. The fourth-order valence-electron chi connectivity index (χ4n) is 2.24. The van der Waals surface area contributed by atoms with E-state index in [1.807, 2.05) is 30.3 Å². The lowest BCUT2D eigenvalue weighted by Gasteiger charge is -2.16. The van der Waals surface area contributed by atoms with E-state index in [0.29, 0.717) is 10.8 Å². The molecule has 0 saturated heterocycles. The molecule has 28 heavy (non-hydrogen) atoms. The minimum atomic E-state index is -4.76. The molecule has 0 radical (unpaired) electrons. The Kier molecular flexibility index (Phi) is 5.83. The minimum absolute atomic E-state index is 0.0844. The summed E-state index contributed by atoms with van der Waals surface area (Å²) in [5.74, 6) is -0.418. The number of halogens is 3. The number of aromatic nitrogens is 4. The first-order valence-electron chi connectivity index (χ1n) is 7.92. The smallest absolute Gasteiger partial charge is 0.406 e. The Hall–Kier alpha value is -3.08. The minimum Gasteiger partial charge on any atom is -0.406 e. The highest BCUT2D eigenvalue weighted by molar-refractivity contribution is 7.99. The van der Waals surface area contributed by atoms with Gasteiger partial charge in [0.15, 0.2) is 0 Å². The Morgan fingerprint density at radius 1 is 1.14 bits per heavy atom. The normalized spacial score (nSPS) is 11.3. The van der Waals surface area contributed by atoms with E-state index in [-0.39, 0.29) is 17.4 Å². The van der Waals surface area contributed by atoms with Crippen LogP contribution in [0.25, 0.3) is 5.69 Å². The van der Waals surface area contributed by atoms with Gasteiger partial charge >= 0.3 is 6.36 Å². The Morgan fingerprint density at radius 3 is 2.46 bits per heavy atom. The van der Waals surface area contributed by atoms with E-state index >= 15 is 0 Å². The molecule has 1 heterocycles. The number of tetrazole rings is 1. The van der Waals surface area contributed by atoms with Crippen LogP contribution in [0.5, 0.6) is 5.75 Å². The van der Waals surface area contributed by atoms with Gasteiger partial charge in [0.25, 0.3) is 0 Å². The number of para-hydroxylation sites is 1. The topological polar surface area (TPSA) is 73.1 Å². The lowest BCUT2D eigenvalue weighted by molar-refractivity contribution is -0.274. The van der Waals surface area contributed by atoms with Crippen LogP contribution in [0.3, 0.4) is 0 Å². The summed E-state index contributed by atoms with van der Waals surface area (Å²) in [5, 5.41) is 11.6. The molecule has 0 atom stereocenters. The molecule has 1 amide bonds. The van der Waals surface area contributed by atoms with Crippen molar-refractivity contribution >= 4 is 23.4 Å². The van der Waals surface area contributed by atoms with Gasteiger partial charge in [-0.05, 0) is 46.8 Å². The van der Waals surface area contributed by atoms with E-state index in [1.54, 1.807) is 7.05 Å². The zero-order valence-electron chi connectivity index (χ0n) is 14.5. The number of hydrogen-bond donors (Lipinski definition) is 0. The third-order valence-corrected chi connectivity index (χ3v) is 4.50. The van der Waals surface area contributed by atoms with Crippen LogP contribution in [0.2, 0.25) is 0 Å². The number of carbonyl (C=O) groups excluding carboxylic acids is 1. The monoisotopic (exact) mass is 409 g/mol. The van der Waals surface area contributed by atoms with Gasteiger partial charge < -0.3 is 9.64 Å². The number of alkyl halides is 3. The van der Waals surface area contributed by atoms with Crippen molar-refractivity contribution in [3.05, 3.63) is 54.6 Å². The summed E-state index contributed by atoms with van der Waals surface area (Å²) in [6, 6.07) is 14.3. The van der Waals surface area contributed by atoms with Crippen molar-refractivity contribution in [2.45, 2.75) is 11.5 Å². The van der Waals surface area contributed by atoms with Crippen molar-refractivity contribution in [2.24, 2.45) is 0 Å². The van der Waals surface area contributed by atoms with Crippen molar-refractivity contribution in [1.29, 1.82) is 0 Å². The van der Waals surface area contributed by atoms with E-state index < -0.39 is 6.36 Å². The number of nitrogens with zero attached hydrogens (tertiary/aromatic N) is 5. The van der Waals surface area contributed by atoms with Gasteiger partial charge in [-0.15, -0.1) is 18.3 Å². The first-order chi connectivity index (χ1) is 13.3. The zero-order chi connectivity index (χ0) is 20.1. The number of hydrogen-bond acceptors (Lipinski definition) is 6. The van der Waals surface area contributed by atoms with Gasteiger partial charge in [-0.25, -0.2) is 0 Å². The van der Waals surface area contributed by atoms with E-state index in [1.165, 1.54) is 21.7 Å². The molecule has 0 spiro atoms. The van der Waals surface area contributed by atoms with Gasteiger partial charge in [0.1, 0.15) is 5.75 Å². The molecule has 0 unspecified atom stereocenters. The van der Waals surface area contributed by atoms with Crippen LogP contribution >= 0.6 is 11.8 Å². The number of anilines is 1. The van der Waals surface area contributed by atoms with Crippen molar-refractivity contribution in [2.75, 3.05) is 17.7 Å². The highest BCUT2D eigenvalue weighted by Crippen LogP contribution is 2.25. The number of rotatable bonds is 6. The third-order valence-electron chi connectivity index (χ3n) is 3.60. The molecule has 11 heteroatoms. The van der Waals surface area contributed by atoms with E-state index in [9.17, 15) is 18.0 Å². The van der Waals surface area contributed by atoms with Crippen LogP contribution in [0, 0.1) is 0 Å². The summed E-state index contributed by atoms with van der Waals surface area (Å²) < 4.78 is 41.9. The largest absolute Gasteiger partial charge is 0.573 e. The van der Waals surface area contributed by atoms with Crippen LogP contribution in [-0.4, -0.2) is 45.3 Å². The predicted octanol–water partition coefficient (Wildman–Crippen LogP) is 3.32. The summed E-state index contributed by atoms with van der Waals surface area (Å²) in [7, 11) is 1.67. The lowest BCUT2D eigenvalue weighted by Crippen LogP contribution is -2.27. The van der Waals surface area contributed by atoms with Gasteiger partial charge in [0.05, 0.1) is 11.4 Å². The maximum Gasteiger partial charge on any atom is 0.573 e. The molecule has 0 bridgehead atoms. The molecule has 0 aliphatic carbocycles. The Morgan fingerprint density at radius 2 is 1.82 bits per heavy atom. The highest BCUT2D eigenvalue weighted by atomic mass is 32.2. The van der Waals surface area contributed by atoms with Crippen LogP contribution in [0.4, 0.5) is 18.9 Å². The first-order valence-corrected chi connectivity index (χ1v) is 8.91. The second-order valence-electron chi connectivity index (χ2n) is 5.49. The van der Waals surface area contributed by atoms with Gasteiger partial charge in [-0.1, -0.05) is 30.0 Å². The van der Waals surface area contributed by atoms with Crippen molar-refractivity contribution in [3.63, 3.8) is 0 Å². The highest BCUT2D eigenvalue weighted by Gasteiger charge is 2.31. The molecule has 1 aromatic heterocycles. The second-order valence-corrected chi connectivity index (χ2v) is 6.43. The number of thioether (sulfide) groups is 1. The van der Waals surface area contributed by atoms with Gasteiger partial charge in [-0.2, -0.15) is 4.68 Å². The average Bonchev–Trinajstić information content (AvgIpc) is 3.14. The van der Waals surface area contributed by atoms with Crippen LogP contribution in [0.1, 0.15) is 0 Å². The van der Waals surface area contributed by atoms with Crippen LogP contribution < -0.4 is 9.64 Å².